The van der Waals surface area contributed by atoms with Gasteiger partial charge in [-0.05, 0) is 47.5 Å². The summed E-state index contributed by atoms with van der Waals surface area (Å²) in [6, 6.07) is 23.5. The van der Waals surface area contributed by atoms with Gasteiger partial charge in [0, 0.05) is 0 Å². The molecule has 1 heterocycles. The van der Waals surface area contributed by atoms with E-state index in [1.807, 2.05) is 54.6 Å². The molecule has 0 aliphatic carbocycles. The van der Waals surface area contributed by atoms with E-state index in [2.05, 4.69) is 0 Å². The van der Waals surface area contributed by atoms with Gasteiger partial charge in [0.15, 0.2) is 4.32 Å². The molecule has 0 spiro atoms. The highest BCUT2D eigenvalue weighted by atomic mass is 32.2. The summed E-state index contributed by atoms with van der Waals surface area (Å²) in [5, 5.41) is 9.19. The fourth-order valence-electron chi connectivity index (χ4n) is 3.02. The average molecular weight is 448 g/mol. The molecule has 0 saturated carbocycles. The second-order valence-electron chi connectivity index (χ2n) is 6.72. The van der Waals surface area contributed by atoms with Crippen LogP contribution in [0.5, 0.6) is 5.75 Å². The van der Waals surface area contributed by atoms with E-state index < -0.39 is 5.97 Å². The molecular weight excluding hydrogens is 430 g/mol. The number of carboxylic acids is 1. The largest absolute Gasteiger partial charge is 0.489 e. The number of anilines is 1. The van der Waals surface area contributed by atoms with E-state index >= 15 is 0 Å². The third-order valence-electron chi connectivity index (χ3n) is 4.57. The van der Waals surface area contributed by atoms with E-state index in [4.69, 9.17) is 17.0 Å². The minimum atomic E-state index is -1.06. The molecule has 5 nitrogen and oxygen atoms in total. The molecular formula is C24H17NO4S2. The lowest BCUT2D eigenvalue weighted by Crippen LogP contribution is -2.27. The maximum atomic E-state index is 12.9. The molecule has 1 aliphatic rings. The van der Waals surface area contributed by atoms with E-state index in [-0.39, 0.29) is 11.5 Å². The monoisotopic (exact) mass is 447 g/mol. The number of rotatable bonds is 6. The van der Waals surface area contributed by atoms with E-state index in [1.165, 1.54) is 28.8 Å². The normalized spacial score (nSPS) is 14.8. The molecule has 1 amide bonds. The van der Waals surface area contributed by atoms with Crippen LogP contribution in [0.15, 0.2) is 83.8 Å². The third-order valence-corrected chi connectivity index (χ3v) is 5.87. The SMILES string of the molecule is O=C(O)c1cccc(N2C(=O)/C(=C\c3ccc(OCc4ccccc4)cc3)SC2=S)c1. The minimum absolute atomic E-state index is 0.0987. The van der Waals surface area contributed by atoms with Crippen LogP contribution in [-0.2, 0) is 11.4 Å². The lowest BCUT2D eigenvalue weighted by atomic mass is 10.1. The summed E-state index contributed by atoms with van der Waals surface area (Å²) < 4.78 is 6.15. The van der Waals surface area contributed by atoms with Gasteiger partial charge in [-0.15, -0.1) is 0 Å². The summed E-state index contributed by atoms with van der Waals surface area (Å²) in [6.45, 7) is 0.480. The van der Waals surface area contributed by atoms with Crippen LogP contribution in [0, 0.1) is 0 Å². The first-order valence-corrected chi connectivity index (χ1v) is 10.6. The van der Waals surface area contributed by atoms with E-state index in [1.54, 1.807) is 18.2 Å². The van der Waals surface area contributed by atoms with Gasteiger partial charge in [-0.25, -0.2) is 4.79 Å². The van der Waals surface area contributed by atoms with Crippen molar-refractivity contribution in [3.63, 3.8) is 0 Å². The van der Waals surface area contributed by atoms with Crippen LogP contribution in [-0.4, -0.2) is 21.3 Å². The first-order valence-electron chi connectivity index (χ1n) is 9.39. The topological polar surface area (TPSA) is 66.8 Å². The summed E-state index contributed by atoms with van der Waals surface area (Å²) in [7, 11) is 0. The summed E-state index contributed by atoms with van der Waals surface area (Å²) in [4.78, 5) is 26.0. The molecule has 31 heavy (non-hydrogen) atoms. The first kappa shape index (κ1) is 20.8. The lowest BCUT2D eigenvalue weighted by molar-refractivity contribution is -0.113. The molecule has 7 heteroatoms. The van der Waals surface area contributed by atoms with Crippen molar-refractivity contribution in [2.24, 2.45) is 0 Å². The number of nitrogens with zero attached hydrogens (tertiary/aromatic N) is 1. The van der Waals surface area contributed by atoms with Crippen LogP contribution in [0.1, 0.15) is 21.5 Å². The third kappa shape index (κ3) is 4.84. The Kier molecular flexibility index (Phi) is 6.16. The molecule has 4 rings (SSSR count). The van der Waals surface area contributed by atoms with Gasteiger partial charge in [-0.3, -0.25) is 9.69 Å². The molecule has 0 unspecified atom stereocenters. The van der Waals surface area contributed by atoms with Crippen molar-refractivity contribution >= 4 is 51.9 Å². The van der Waals surface area contributed by atoms with Gasteiger partial charge in [0.25, 0.3) is 5.91 Å². The van der Waals surface area contributed by atoms with Crippen molar-refractivity contribution in [2.75, 3.05) is 4.90 Å². The van der Waals surface area contributed by atoms with Gasteiger partial charge < -0.3 is 9.84 Å². The van der Waals surface area contributed by atoms with Gasteiger partial charge in [0.05, 0.1) is 16.2 Å². The quantitative estimate of drug-likeness (QED) is 0.405. The standard InChI is InChI=1S/C24H17NO4S2/c26-22-21(31-24(30)25(22)19-8-4-7-18(14-19)23(27)28)13-16-9-11-20(12-10-16)29-15-17-5-2-1-3-6-17/h1-14H,15H2,(H,27,28)/b21-13+. The van der Waals surface area contributed by atoms with Crippen molar-refractivity contribution in [1.29, 1.82) is 0 Å². The van der Waals surface area contributed by atoms with Crippen molar-refractivity contribution in [1.82, 2.24) is 0 Å². The van der Waals surface area contributed by atoms with Crippen LogP contribution in [0.25, 0.3) is 6.08 Å². The fourth-order valence-corrected chi connectivity index (χ4v) is 4.32. The average Bonchev–Trinajstić information content (AvgIpc) is 3.06. The maximum Gasteiger partial charge on any atom is 0.335 e. The zero-order valence-corrected chi connectivity index (χ0v) is 17.9. The number of hydrogen-bond acceptors (Lipinski definition) is 5. The Morgan fingerprint density at radius 1 is 1.03 bits per heavy atom. The lowest BCUT2D eigenvalue weighted by Gasteiger charge is -2.14. The van der Waals surface area contributed by atoms with Gasteiger partial charge in [0.2, 0.25) is 0 Å². The molecule has 0 aromatic heterocycles. The number of amides is 1. The molecule has 0 radical (unpaired) electrons. The summed E-state index contributed by atoms with van der Waals surface area (Å²) in [6.07, 6.45) is 1.77. The summed E-state index contributed by atoms with van der Waals surface area (Å²) in [5.74, 6) is -0.599. The van der Waals surface area contributed by atoms with Gasteiger partial charge in [-0.2, -0.15) is 0 Å². The van der Waals surface area contributed by atoms with Crippen LogP contribution < -0.4 is 9.64 Å². The number of carbonyl (C=O) groups is 2. The number of thiocarbonyl (C=S) groups is 1. The van der Waals surface area contributed by atoms with Crippen molar-refractivity contribution in [3.05, 3.63) is 100 Å². The summed E-state index contributed by atoms with van der Waals surface area (Å²) in [5.41, 5.74) is 2.46. The number of ether oxygens (including phenoxy) is 1. The molecule has 1 aliphatic heterocycles. The van der Waals surface area contributed by atoms with Crippen LogP contribution >= 0.6 is 24.0 Å². The molecule has 154 valence electrons. The molecule has 1 fully saturated rings. The van der Waals surface area contributed by atoms with Crippen molar-refractivity contribution in [2.45, 2.75) is 6.61 Å². The number of hydrogen-bond donors (Lipinski definition) is 1. The Bertz CT molecular complexity index is 1170. The molecule has 1 saturated heterocycles. The van der Waals surface area contributed by atoms with E-state index in [0.29, 0.717) is 21.5 Å². The Balaban J connectivity index is 1.48. The zero-order chi connectivity index (χ0) is 21.8. The zero-order valence-electron chi connectivity index (χ0n) is 16.2. The predicted octanol–water partition coefficient (Wildman–Crippen LogP) is 5.37. The molecule has 3 aromatic rings. The maximum absolute atomic E-state index is 12.9. The minimum Gasteiger partial charge on any atom is -0.489 e. The second kappa shape index (κ2) is 9.16. The highest BCUT2D eigenvalue weighted by Gasteiger charge is 2.33. The first-order chi connectivity index (χ1) is 15.0. The van der Waals surface area contributed by atoms with Crippen molar-refractivity contribution in [3.8, 4) is 5.75 Å². The van der Waals surface area contributed by atoms with Crippen molar-refractivity contribution < 1.29 is 19.4 Å². The molecule has 0 atom stereocenters. The predicted molar refractivity (Wildman–Crippen MR) is 126 cm³/mol. The highest BCUT2D eigenvalue weighted by molar-refractivity contribution is 8.27. The van der Waals surface area contributed by atoms with E-state index in [9.17, 15) is 14.7 Å². The highest BCUT2D eigenvalue weighted by Crippen LogP contribution is 2.36. The Morgan fingerprint density at radius 3 is 2.48 bits per heavy atom. The fraction of sp³-hybridized carbons (Fsp3) is 0.0417. The Hall–Kier alpha value is -3.42. The van der Waals surface area contributed by atoms with Crippen LogP contribution in [0.4, 0.5) is 5.69 Å². The second-order valence-corrected chi connectivity index (χ2v) is 8.39. The molecule has 3 aromatic carbocycles. The molecule has 0 bridgehead atoms. The van der Waals surface area contributed by atoms with E-state index in [0.717, 1.165) is 16.9 Å². The van der Waals surface area contributed by atoms with Gasteiger partial charge in [0.1, 0.15) is 12.4 Å². The number of carbonyl (C=O) groups excluding carboxylic acids is 1. The molecule has 1 N–H and O–H groups in total. The van der Waals surface area contributed by atoms with Gasteiger partial charge in [-0.1, -0.05) is 72.5 Å². The number of benzene rings is 3. The Labute approximate surface area is 189 Å². The number of thioether (sulfide) groups is 1. The smallest absolute Gasteiger partial charge is 0.335 e. The van der Waals surface area contributed by atoms with Crippen LogP contribution in [0.2, 0.25) is 0 Å². The summed E-state index contributed by atoms with van der Waals surface area (Å²) >= 11 is 6.55. The van der Waals surface area contributed by atoms with Crippen LogP contribution in [0.3, 0.4) is 0 Å². The Morgan fingerprint density at radius 2 is 1.77 bits per heavy atom. The number of carboxylic acid groups (broad SMARTS) is 1. The van der Waals surface area contributed by atoms with Gasteiger partial charge >= 0.3 is 5.97 Å². The number of aromatic carboxylic acids is 1.